The van der Waals surface area contributed by atoms with Crippen LogP contribution in [0.1, 0.15) is 43.7 Å². The van der Waals surface area contributed by atoms with Crippen molar-refractivity contribution in [2.24, 2.45) is 0 Å². The number of methoxy groups -OCH3 is 1. The highest BCUT2D eigenvalue weighted by atomic mass is 16.5. The number of nitrogens with zero attached hydrogens (tertiary/aromatic N) is 1. The molecule has 0 aromatic heterocycles. The van der Waals surface area contributed by atoms with Gasteiger partial charge in [-0.25, -0.2) is 0 Å². The fourth-order valence-corrected chi connectivity index (χ4v) is 4.78. The Morgan fingerprint density at radius 3 is 2.51 bits per heavy atom. The zero-order valence-corrected chi connectivity index (χ0v) is 23.2. The van der Waals surface area contributed by atoms with Gasteiger partial charge in [0.05, 0.1) is 32.5 Å². The summed E-state index contributed by atoms with van der Waals surface area (Å²) in [5.74, 6) is 0.560. The van der Waals surface area contributed by atoms with Crippen molar-refractivity contribution >= 4 is 11.9 Å². The maximum absolute atomic E-state index is 12.7. The van der Waals surface area contributed by atoms with Gasteiger partial charge in [-0.15, -0.1) is 0 Å². The number of hydrogen-bond donors (Lipinski definition) is 4. The molecular formula is C30H44N4O5. The molecule has 0 saturated carbocycles. The van der Waals surface area contributed by atoms with Crippen LogP contribution in [0.15, 0.2) is 54.6 Å². The second-order valence-corrected chi connectivity index (χ2v) is 9.88. The Morgan fingerprint density at radius 1 is 1.05 bits per heavy atom. The molecule has 2 aromatic carbocycles. The van der Waals surface area contributed by atoms with Crippen molar-refractivity contribution in [1.29, 1.82) is 0 Å². The predicted octanol–water partition coefficient (Wildman–Crippen LogP) is 2.23. The molecule has 1 saturated heterocycles. The van der Waals surface area contributed by atoms with E-state index in [-0.39, 0.29) is 30.6 Å². The number of aliphatic hydroxyl groups excluding tert-OH is 1. The number of nitrogens with one attached hydrogen (secondary N) is 3. The molecule has 3 atom stereocenters. The first-order valence-electron chi connectivity index (χ1n) is 14.0. The first-order chi connectivity index (χ1) is 19.0. The van der Waals surface area contributed by atoms with E-state index in [1.54, 1.807) is 14.0 Å². The van der Waals surface area contributed by atoms with Crippen LogP contribution in [0.3, 0.4) is 0 Å². The summed E-state index contributed by atoms with van der Waals surface area (Å²) in [5.41, 5.74) is 2.14. The van der Waals surface area contributed by atoms with E-state index in [2.05, 4.69) is 16.0 Å². The molecule has 1 fully saturated rings. The highest BCUT2D eigenvalue weighted by molar-refractivity contribution is 5.76. The molecule has 1 heterocycles. The zero-order valence-electron chi connectivity index (χ0n) is 23.2. The lowest BCUT2D eigenvalue weighted by Crippen LogP contribution is -2.55. The Bertz CT molecular complexity index is 1000. The Kier molecular flexibility index (Phi) is 13.2. The Morgan fingerprint density at radius 2 is 1.79 bits per heavy atom. The smallest absolute Gasteiger partial charge is 0.319 e. The van der Waals surface area contributed by atoms with Crippen LogP contribution in [0.4, 0.5) is 0 Å². The number of amides is 1. The summed E-state index contributed by atoms with van der Waals surface area (Å²) in [5, 5.41) is 21.3. The van der Waals surface area contributed by atoms with Crippen LogP contribution in [-0.4, -0.2) is 80.1 Å². The average molecular weight is 541 g/mol. The van der Waals surface area contributed by atoms with Crippen LogP contribution in [0.2, 0.25) is 0 Å². The van der Waals surface area contributed by atoms with E-state index in [1.807, 2.05) is 59.5 Å². The summed E-state index contributed by atoms with van der Waals surface area (Å²) in [7, 11) is 1.64. The third kappa shape index (κ3) is 11.0. The lowest BCUT2D eigenvalue weighted by molar-refractivity contribution is -0.142. The van der Waals surface area contributed by atoms with Gasteiger partial charge in [0.2, 0.25) is 5.91 Å². The standard InChI is InChI=1S/C30H44N4O5/c1-3-39-30(37)22-32-28(14-15-29(36)34-16-7-8-17-34)33-26(19-23-10-5-4-6-11-23)27(35)21-31-20-24-12-9-13-25(18-24)38-2/h4-6,9-13,18,26-28,31-33,35H,3,7-8,14-17,19-22H2,1-2H3/t26-,27+,28?/m0/s1. The Labute approximate surface area is 232 Å². The van der Waals surface area contributed by atoms with Gasteiger partial charge in [0.15, 0.2) is 0 Å². The molecular weight excluding hydrogens is 496 g/mol. The molecule has 1 aliphatic heterocycles. The van der Waals surface area contributed by atoms with Gasteiger partial charge in [0, 0.05) is 38.6 Å². The van der Waals surface area contributed by atoms with Gasteiger partial charge in [-0.1, -0.05) is 42.5 Å². The van der Waals surface area contributed by atoms with E-state index in [9.17, 15) is 14.7 Å². The van der Waals surface area contributed by atoms with Crippen LogP contribution < -0.4 is 20.7 Å². The first kappa shape index (κ1) is 30.6. The Balaban J connectivity index is 1.65. The second-order valence-electron chi connectivity index (χ2n) is 9.88. The van der Waals surface area contributed by atoms with E-state index in [0.29, 0.717) is 39.0 Å². The minimum absolute atomic E-state index is 0.0195. The Hall–Kier alpha value is -2.98. The SMILES string of the molecule is CCOC(=O)CNC(CCC(=O)N1CCCC1)N[C@@H](Cc1ccccc1)[C@H](O)CNCc1cccc(OC)c1. The van der Waals surface area contributed by atoms with Crippen molar-refractivity contribution in [3.63, 3.8) is 0 Å². The number of carbonyl (C=O) groups excluding carboxylic acids is 2. The predicted molar refractivity (Wildman–Crippen MR) is 151 cm³/mol. The highest BCUT2D eigenvalue weighted by Crippen LogP contribution is 2.14. The van der Waals surface area contributed by atoms with Crippen molar-refractivity contribution in [1.82, 2.24) is 20.9 Å². The molecule has 1 unspecified atom stereocenters. The zero-order chi connectivity index (χ0) is 27.9. The first-order valence-corrected chi connectivity index (χ1v) is 14.0. The summed E-state index contributed by atoms with van der Waals surface area (Å²) >= 11 is 0. The topological polar surface area (TPSA) is 112 Å². The van der Waals surface area contributed by atoms with Crippen LogP contribution in [-0.2, 0) is 27.3 Å². The number of likely N-dealkylation sites (tertiary alicyclic amines) is 1. The van der Waals surface area contributed by atoms with E-state index < -0.39 is 6.10 Å². The summed E-state index contributed by atoms with van der Waals surface area (Å²) < 4.78 is 10.4. The lowest BCUT2D eigenvalue weighted by Gasteiger charge is -2.30. The van der Waals surface area contributed by atoms with Gasteiger partial charge in [-0.2, -0.15) is 0 Å². The summed E-state index contributed by atoms with van der Waals surface area (Å²) in [4.78, 5) is 26.7. The normalized spacial score (nSPS) is 15.5. The number of aliphatic hydroxyl groups is 1. The summed E-state index contributed by atoms with van der Waals surface area (Å²) in [6.07, 6.45) is 2.44. The number of carbonyl (C=O) groups is 2. The van der Waals surface area contributed by atoms with E-state index >= 15 is 0 Å². The van der Waals surface area contributed by atoms with Crippen molar-refractivity contribution in [3.05, 3.63) is 65.7 Å². The quantitative estimate of drug-likeness (QED) is 0.179. The summed E-state index contributed by atoms with van der Waals surface area (Å²) in [6, 6.07) is 17.5. The second kappa shape index (κ2) is 16.9. The maximum Gasteiger partial charge on any atom is 0.319 e. The lowest BCUT2D eigenvalue weighted by atomic mass is 10.00. The number of rotatable bonds is 17. The number of hydrogen-bond acceptors (Lipinski definition) is 8. The molecule has 1 aliphatic rings. The van der Waals surface area contributed by atoms with Crippen LogP contribution in [0.5, 0.6) is 5.75 Å². The number of ether oxygens (including phenoxy) is 2. The van der Waals surface area contributed by atoms with Crippen molar-refractivity contribution in [2.45, 2.75) is 63.9 Å². The van der Waals surface area contributed by atoms with Crippen molar-refractivity contribution in [2.75, 3.05) is 39.9 Å². The minimum atomic E-state index is -0.725. The van der Waals surface area contributed by atoms with Gasteiger partial charge in [0.25, 0.3) is 0 Å². The molecule has 214 valence electrons. The van der Waals surface area contributed by atoms with E-state index in [4.69, 9.17) is 9.47 Å². The van der Waals surface area contributed by atoms with Gasteiger partial charge < -0.3 is 24.8 Å². The fraction of sp³-hybridized carbons (Fsp3) is 0.533. The van der Waals surface area contributed by atoms with Gasteiger partial charge in [-0.05, 0) is 55.9 Å². The van der Waals surface area contributed by atoms with Crippen LogP contribution >= 0.6 is 0 Å². The van der Waals surface area contributed by atoms with Crippen LogP contribution in [0, 0.1) is 0 Å². The van der Waals surface area contributed by atoms with Gasteiger partial charge in [-0.3, -0.25) is 20.2 Å². The summed E-state index contributed by atoms with van der Waals surface area (Å²) in [6.45, 7) is 4.66. The van der Waals surface area contributed by atoms with Crippen molar-refractivity contribution in [3.8, 4) is 5.75 Å². The van der Waals surface area contributed by atoms with E-state index in [0.717, 1.165) is 42.8 Å². The van der Waals surface area contributed by atoms with Crippen molar-refractivity contribution < 1.29 is 24.2 Å². The van der Waals surface area contributed by atoms with Crippen LogP contribution in [0.25, 0.3) is 0 Å². The molecule has 1 amide bonds. The molecule has 0 bridgehead atoms. The number of benzene rings is 2. The molecule has 2 aromatic rings. The average Bonchev–Trinajstić information content (AvgIpc) is 3.50. The minimum Gasteiger partial charge on any atom is -0.497 e. The van der Waals surface area contributed by atoms with Gasteiger partial charge >= 0.3 is 5.97 Å². The third-order valence-electron chi connectivity index (χ3n) is 6.90. The molecule has 3 rings (SSSR count). The van der Waals surface area contributed by atoms with Gasteiger partial charge in [0.1, 0.15) is 5.75 Å². The maximum atomic E-state index is 12.7. The highest BCUT2D eigenvalue weighted by Gasteiger charge is 2.25. The number of esters is 1. The third-order valence-corrected chi connectivity index (χ3v) is 6.90. The monoisotopic (exact) mass is 540 g/mol. The molecule has 39 heavy (non-hydrogen) atoms. The molecule has 0 aliphatic carbocycles. The molecule has 9 heteroatoms. The van der Waals surface area contributed by atoms with E-state index in [1.165, 1.54) is 0 Å². The molecule has 0 spiro atoms. The molecule has 0 radical (unpaired) electrons. The molecule has 9 nitrogen and oxygen atoms in total. The molecule has 4 N–H and O–H groups in total. The largest absolute Gasteiger partial charge is 0.497 e. The fourth-order valence-electron chi connectivity index (χ4n) is 4.78.